The topological polar surface area (TPSA) is 120 Å². The lowest BCUT2D eigenvalue weighted by Crippen LogP contribution is -2.27. The van der Waals surface area contributed by atoms with Gasteiger partial charge in [0.1, 0.15) is 16.2 Å². The van der Waals surface area contributed by atoms with Crippen molar-refractivity contribution in [2.75, 3.05) is 12.3 Å². The van der Waals surface area contributed by atoms with Gasteiger partial charge in [0.25, 0.3) is 5.91 Å². The normalized spacial score (nSPS) is 11.7. The molecular weight excluding hydrogens is 498 g/mol. The third-order valence-electron chi connectivity index (χ3n) is 5.87. The number of aromatic nitrogens is 3. The molecule has 0 bridgehead atoms. The van der Waals surface area contributed by atoms with Gasteiger partial charge in [-0.1, -0.05) is 41.4 Å². The summed E-state index contributed by atoms with van der Waals surface area (Å²) < 4.78 is 28.9. The molecule has 0 atom stereocenters. The number of sulfone groups is 1. The molecule has 0 aliphatic rings. The molecule has 2 heterocycles. The number of nitrogens with zero attached hydrogens (tertiary/aromatic N) is 3. The van der Waals surface area contributed by atoms with E-state index in [1.54, 1.807) is 65.2 Å². The number of nitrogens with one attached hydrogen (secondary N) is 1. The summed E-state index contributed by atoms with van der Waals surface area (Å²) in [5.41, 5.74) is 9.53. The first-order chi connectivity index (χ1) is 17.3. The van der Waals surface area contributed by atoms with Gasteiger partial charge in [-0.25, -0.2) is 18.4 Å². The Morgan fingerprint density at radius 1 is 0.972 bits per heavy atom. The maximum atomic E-state index is 13.7. The number of carbonyl (C=O) groups is 1. The molecule has 10 heteroatoms. The summed E-state index contributed by atoms with van der Waals surface area (Å²) in [6, 6.07) is 20.3. The van der Waals surface area contributed by atoms with Gasteiger partial charge in [0.2, 0.25) is 9.84 Å². The second kappa shape index (κ2) is 9.25. The minimum atomic E-state index is -4.00. The van der Waals surface area contributed by atoms with E-state index < -0.39 is 9.84 Å². The first-order valence-corrected chi connectivity index (χ1v) is 13.0. The SMILES string of the molecule is Cc1ccc(S(=O)(=O)c2c(N)n(CCNC(=O)c3ccc(Cl)cc3)c3nc4ccccc4nc23)cc1. The number of benzene rings is 3. The van der Waals surface area contributed by atoms with E-state index in [1.165, 1.54) is 0 Å². The molecular formula is C26H22ClN5O3S. The first kappa shape index (κ1) is 23.8. The van der Waals surface area contributed by atoms with Gasteiger partial charge < -0.3 is 15.6 Å². The van der Waals surface area contributed by atoms with E-state index in [1.807, 2.05) is 19.1 Å². The Kier molecular flexibility index (Phi) is 6.11. The summed E-state index contributed by atoms with van der Waals surface area (Å²) in [6.07, 6.45) is 0. The monoisotopic (exact) mass is 519 g/mol. The molecule has 5 rings (SSSR count). The Balaban J connectivity index is 1.57. The van der Waals surface area contributed by atoms with Crippen LogP contribution in [0.4, 0.5) is 5.82 Å². The fourth-order valence-corrected chi connectivity index (χ4v) is 5.63. The van der Waals surface area contributed by atoms with Crippen molar-refractivity contribution in [1.29, 1.82) is 0 Å². The molecule has 0 fully saturated rings. The molecule has 3 N–H and O–H groups in total. The van der Waals surface area contributed by atoms with Gasteiger partial charge in [0, 0.05) is 23.7 Å². The molecule has 0 aliphatic carbocycles. The number of amides is 1. The smallest absolute Gasteiger partial charge is 0.251 e. The fourth-order valence-electron chi connectivity index (χ4n) is 4.00. The number of hydrogen-bond donors (Lipinski definition) is 2. The van der Waals surface area contributed by atoms with Crippen molar-refractivity contribution >= 4 is 55.4 Å². The van der Waals surface area contributed by atoms with Crippen LogP contribution in [-0.4, -0.2) is 35.4 Å². The molecule has 182 valence electrons. The predicted octanol–water partition coefficient (Wildman–Crippen LogP) is 4.39. The second-order valence-electron chi connectivity index (χ2n) is 8.33. The fraction of sp³-hybridized carbons (Fsp3) is 0.115. The standard InChI is InChI=1S/C26H22ClN5O3S/c1-16-6-12-19(13-7-16)36(34,35)23-22-25(31-21-5-3-2-4-20(21)30-22)32(24(23)28)15-14-29-26(33)17-8-10-18(27)11-9-17/h2-13H,14-15,28H2,1H3,(H,29,33). The zero-order chi connectivity index (χ0) is 25.4. The molecule has 2 aromatic heterocycles. The average molecular weight is 520 g/mol. The maximum Gasteiger partial charge on any atom is 0.251 e. The van der Waals surface area contributed by atoms with Crippen molar-refractivity contribution in [3.8, 4) is 0 Å². The molecule has 1 amide bonds. The Bertz CT molecular complexity index is 1710. The summed E-state index contributed by atoms with van der Waals surface area (Å²) in [4.78, 5) is 21.8. The van der Waals surface area contributed by atoms with Crippen LogP contribution in [0.5, 0.6) is 0 Å². The Hall–Kier alpha value is -3.95. The third kappa shape index (κ3) is 4.27. The van der Waals surface area contributed by atoms with Crippen molar-refractivity contribution in [3.63, 3.8) is 0 Å². The summed E-state index contributed by atoms with van der Waals surface area (Å²) in [5, 5.41) is 3.36. The van der Waals surface area contributed by atoms with Crippen LogP contribution in [-0.2, 0) is 16.4 Å². The van der Waals surface area contributed by atoms with E-state index >= 15 is 0 Å². The molecule has 36 heavy (non-hydrogen) atoms. The summed E-state index contributed by atoms with van der Waals surface area (Å²) >= 11 is 5.90. The van der Waals surface area contributed by atoms with Crippen LogP contribution in [0.2, 0.25) is 5.02 Å². The van der Waals surface area contributed by atoms with Crippen LogP contribution >= 0.6 is 11.6 Å². The van der Waals surface area contributed by atoms with Crippen molar-refractivity contribution in [2.24, 2.45) is 0 Å². The highest BCUT2D eigenvalue weighted by Gasteiger charge is 2.30. The van der Waals surface area contributed by atoms with Crippen LogP contribution in [0, 0.1) is 6.92 Å². The Labute approximate surface area is 212 Å². The zero-order valence-electron chi connectivity index (χ0n) is 19.3. The van der Waals surface area contributed by atoms with Gasteiger partial charge in [-0.3, -0.25) is 4.79 Å². The lowest BCUT2D eigenvalue weighted by molar-refractivity contribution is 0.0952. The molecule has 8 nitrogen and oxygen atoms in total. The highest BCUT2D eigenvalue weighted by Crippen LogP contribution is 2.35. The van der Waals surface area contributed by atoms with E-state index in [9.17, 15) is 13.2 Å². The molecule has 3 aromatic carbocycles. The highest BCUT2D eigenvalue weighted by atomic mass is 35.5. The minimum absolute atomic E-state index is 0.0154. The van der Waals surface area contributed by atoms with Crippen molar-refractivity contribution < 1.29 is 13.2 Å². The largest absolute Gasteiger partial charge is 0.384 e. The lowest BCUT2D eigenvalue weighted by atomic mass is 10.2. The Morgan fingerprint density at radius 2 is 1.61 bits per heavy atom. The average Bonchev–Trinajstić information content (AvgIpc) is 3.14. The number of aryl methyl sites for hydroxylation is 1. The lowest BCUT2D eigenvalue weighted by Gasteiger charge is -2.10. The van der Waals surface area contributed by atoms with E-state index in [2.05, 4.69) is 15.3 Å². The predicted molar refractivity (Wildman–Crippen MR) is 140 cm³/mol. The van der Waals surface area contributed by atoms with Crippen molar-refractivity contribution in [3.05, 3.63) is 88.9 Å². The first-order valence-electron chi connectivity index (χ1n) is 11.2. The number of fused-ring (bicyclic) bond motifs is 2. The van der Waals surface area contributed by atoms with Crippen molar-refractivity contribution in [1.82, 2.24) is 19.9 Å². The van der Waals surface area contributed by atoms with Gasteiger partial charge in [-0.15, -0.1) is 0 Å². The number of carbonyl (C=O) groups excluding carboxylic acids is 1. The second-order valence-corrected chi connectivity index (χ2v) is 10.7. The van der Waals surface area contributed by atoms with Gasteiger partial charge in [-0.2, -0.15) is 0 Å². The molecule has 0 radical (unpaired) electrons. The number of nitrogen functional groups attached to an aromatic ring is 1. The van der Waals surface area contributed by atoms with Crippen LogP contribution in [0.15, 0.2) is 82.6 Å². The molecule has 0 unspecified atom stereocenters. The number of anilines is 1. The minimum Gasteiger partial charge on any atom is -0.384 e. The van der Waals surface area contributed by atoms with Crippen LogP contribution in [0.25, 0.3) is 22.2 Å². The summed E-state index contributed by atoms with van der Waals surface area (Å²) in [5.74, 6) is -0.271. The Morgan fingerprint density at radius 3 is 2.28 bits per heavy atom. The number of nitrogens with two attached hydrogens (primary N) is 1. The van der Waals surface area contributed by atoms with Crippen LogP contribution < -0.4 is 11.1 Å². The summed E-state index contributed by atoms with van der Waals surface area (Å²) in [6.45, 7) is 2.26. The molecule has 0 saturated carbocycles. The van der Waals surface area contributed by atoms with E-state index in [4.69, 9.17) is 17.3 Å². The van der Waals surface area contributed by atoms with Gasteiger partial charge in [0.15, 0.2) is 5.65 Å². The number of hydrogen-bond acceptors (Lipinski definition) is 6. The maximum absolute atomic E-state index is 13.7. The zero-order valence-corrected chi connectivity index (χ0v) is 20.8. The van der Waals surface area contributed by atoms with Crippen LogP contribution in [0.1, 0.15) is 15.9 Å². The van der Waals surface area contributed by atoms with Gasteiger partial charge >= 0.3 is 0 Å². The number of para-hydroxylation sites is 2. The number of rotatable bonds is 6. The quantitative estimate of drug-likeness (QED) is 0.343. The van der Waals surface area contributed by atoms with Crippen molar-refractivity contribution in [2.45, 2.75) is 23.3 Å². The highest BCUT2D eigenvalue weighted by molar-refractivity contribution is 7.92. The molecule has 5 aromatic rings. The van der Waals surface area contributed by atoms with E-state index in [0.717, 1.165) is 5.56 Å². The van der Waals surface area contributed by atoms with Crippen LogP contribution in [0.3, 0.4) is 0 Å². The molecule has 0 aliphatic heterocycles. The van der Waals surface area contributed by atoms with Gasteiger partial charge in [-0.05, 0) is 55.5 Å². The van der Waals surface area contributed by atoms with Gasteiger partial charge in [0.05, 0.1) is 15.9 Å². The summed E-state index contributed by atoms with van der Waals surface area (Å²) in [7, 11) is -4.00. The van der Waals surface area contributed by atoms with E-state index in [0.29, 0.717) is 27.3 Å². The third-order valence-corrected chi connectivity index (χ3v) is 7.96. The molecule has 0 saturated heterocycles. The van der Waals surface area contributed by atoms with E-state index in [-0.39, 0.29) is 40.1 Å². The molecule has 0 spiro atoms. The number of halogens is 1.